The summed E-state index contributed by atoms with van der Waals surface area (Å²) < 4.78 is 5.24. The standard InChI is InChI=1S/C20H27ClN4O2/c1-2-22-20(23-14-18(26)19-7-4-12-27-19)25-10-8-24(9-11-25)15-16-5-3-6-17(21)13-16/h3-7,12-13,18,26H,2,8-11,14-15H2,1H3,(H,22,23). The molecular formula is C20H27ClN4O2. The lowest BCUT2D eigenvalue weighted by Gasteiger charge is -2.36. The van der Waals surface area contributed by atoms with Crippen molar-refractivity contribution in [2.45, 2.75) is 19.6 Å². The first kappa shape index (κ1) is 19.7. The molecule has 1 fully saturated rings. The van der Waals surface area contributed by atoms with E-state index < -0.39 is 6.10 Å². The second-order valence-electron chi connectivity index (χ2n) is 6.62. The van der Waals surface area contributed by atoms with E-state index in [0.29, 0.717) is 5.76 Å². The monoisotopic (exact) mass is 390 g/mol. The maximum absolute atomic E-state index is 10.2. The predicted molar refractivity (Wildman–Crippen MR) is 108 cm³/mol. The molecule has 0 saturated carbocycles. The van der Waals surface area contributed by atoms with Crippen molar-refractivity contribution >= 4 is 17.6 Å². The number of aliphatic hydroxyl groups is 1. The van der Waals surface area contributed by atoms with Crippen molar-refractivity contribution in [2.75, 3.05) is 39.3 Å². The summed E-state index contributed by atoms with van der Waals surface area (Å²) in [4.78, 5) is 9.26. The molecule has 2 N–H and O–H groups in total. The van der Waals surface area contributed by atoms with Crippen LogP contribution in [0.5, 0.6) is 0 Å². The largest absolute Gasteiger partial charge is 0.467 e. The number of hydrogen-bond acceptors (Lipinski definition) is 4. The van der Waals surface area contributed by atoms with Gasteiger partial charge in [-0.05, 0) is 36.8 Å². The van der Waals surface area contributed by atoms with Gasteiger partial charge in [0.25, 0.3) is 0 Å². The molecular weight excluding hydrogens is 364 g/mol. The number of nitrogens with one attached hydrogen (secondary N) is 1. The predicted octanol–water partition coefficient (Wildman–Crippen LogP) is 2.75. The summed E-state index contributed by atoms with van der Waals surface area (Å²) in [5, 5.41) is 14.3. The van der Waals surface area contributed by atoms with E-state index in [1.54, 1.807) is 18.4 Å². The van der Waals surface area contributed by atoms with E-state index in [4.69, 9.17) is 16.0 Å². The Morgan fingerprint density at radius 2 is 2.07 bits per heavy atom. The van der Waals surface area contributed by atoms with E-state index >= 15 is 0 Å². The molecule has 7 heteroatoms. The molecule has 0 amide bonds. The van der Waals surface area contributed by atoms with Crippen LogP contribution in [0.25, 0.3) is 0 Å². The average Bonchev–Trinajstić information content (AvgIpc) is 3.21. The van der Waals surface area contributed by atoms with Crippen LogP contribution in [0.1, 0.15) is 24.4 Å². The van der Waals surface area contributed by atoms with Gasteiger partial charge in [0.15, 0.2) is 5.96 Å². The fourth-order valence-corrected chi connectivity index (χ4v) is 3.39. The Hall–Kier alpha value is -2.02. The van der Waals surface area contributed by atoms with Gasteiger partial charge >= 0.3 is 0 Å². The van der Waals surface area contributed by atoms with Gasteiger partial charge in [0.05, 0.1) is 12.8 Å². The highest BCUT2D eigenvalue weighted by Crippen LogP contribution is 2.15. The zero-order chi connectivity index (χ0) is 19.1. The fraction of sp³-hybridized carbons (Fsp3) is 0.450. The van der Waals surface area contributed by atoms with E-state index in [9.17, 15) is 5.11 Å². The number of benzene rings is 1. The van der Waals surface area contributed by atoms with Crippen LogP contribution in [-0.2, 0) is 6.54 Å². The number of aliphatic imine (C=N–C) groups is 1. The van der Waals surface area contributed by atoms with E-state index in [1.807, 2.05) is 25.1 Å². The normalized spacial score (nSPS) is 17.1. The molecule has 1 unspecified atom stereocenters. The Balaban J connectivity index is 1.54. The maximum Gasteiger partial charge on any atom is 0.194 e. The zero-order valence-corrected chi connectivity index (χ0v) is 16.4. The second-order valence-corrected chi connectivity index (χ2v) is 7.06. The summed E-state index contributed by atoms with van der Waals surface area (Å²) in [6.45, 7) is 7.71. The molecule has 3 rings (SSSR count). The third kappa shape index (κ3) is 5.73. The lowest BCUT2D eigenvalue weighted by Crippen LogP contribution is -2.52. The zero-order valence-electron chi connectivity index (χ0n) is 15.6. The Morgan fingerprint density at radius 3 is 2.74 bits per heavy atom. The summed E-state index contributed by atoms with van der Waals surface area (Å²) in [6.07, 6.45) is 0.838. The van der Waals surface area contributed by atoms with Crippen LogP contribution in [0.4, 0.5) is 0 Å². The molecule has 2 heterocycles. The van der Waals surface area contributed by atoms with Gasteiger partial charge < -0.3 is 19.7 Å². The van der Waals surface area contributed by atoms with Crippen molar-refractivity contribution in [3.63, 3.8) is 0 Å². The minimum absolute atomic E-state index is 0.276. The topological polar surface area (TPSA) is 64.2 Å². The van der Waals surface area contributed by atoms with Crippen LogP contribution in [0.15, 0.2) is 52.1 Å². The molecule has 0 aliphatic carbocycles. The van der Waals surface area contributed by atoms with Crippen molar-refractivity contribution in [3.8, 4) is 0 Å². The maximum atomic E-state index is 10.2. The van der Waals surface area contributed by atoms with E-state index in [-0.39, 0.29) is 6.54 Å². The van der Waals surface area contributed by atoms with Crippen LogP contribution < -0.4 is 5.32 Å². The van der Waals surface area contributed by atoms with Crippen molar-refractivity contribution in [1.82, 2.24) is 15.1 Å². The molecule has 0 bridgehead atoms. The summed E-state index contributed by atoms with van der Waals surface area (Å²) in [5.41, 5.74) is 1.23. The molecule has 1 saturated heterocycles. The minimum Gasteiger partial charge on any atom is -0.467 e. The number of halogens is 1. The molecule has 27 heavy (non-hydrogen) atoms. The Bertz CT molecular complexity index is 727. The smallest absolute Gasteiger partial charge is 0.194 e. The Labute approximate surface area is 165 Å². The van der Waals surface area contributed by atoms with E-state index in [2.05, 4.69) is 26.2 Å². The Morgan fingerprint density at radius 1 is 1.26 bits per heavy atom. The highest BCUT2D eigenvalue weighted by molar-refractivity contribution is 6.30. The van der Waals surface area contributed by atoms with Crippen LogP contribution in [0.2, 0.25) is 5.02 Å². The van der Waals surface area contributed by atoms with Crippen LogP contribution in [0.3, 0.4) is 0 Å². The molecule has 146 valence electrons. The van der Waals surface area contributed by atoms with Crippen LogP contribution >= 0.6 is 11.6 Å². The molecule has 0 radical (unpaired) electrons. The SMILES string of the molecule is CCNC(=NCC(O)c1ccco1)N1CCN(Cc2cccc(Cl)c2)CC1. The minimum atomic E-state index is -0.724. The van der Waals surface area contributed by atoms with Gasteiger partial charge in [0, 0.05) is 44.3 Å². The number of guanidine groups is 1. The van der Waals surface area contributed by atoms with Crippen LogP contribution in [-0.4, -0.2) is 60.1 Å². The van der Waals surface area contributed by atoms with Crippen molar-refractivity contribution in [1.29, 1.82) is 0 Å². The second kappa shape index (κ2) is 9.78. The lowest BCUT2D eigenvalue weighted by molar-refractivity contribution is 0.155. The quantitative estimate of drug-likeness (QED) is 0.586. The highest BCUT2D eigenvalue weighted by atomic mass is 35.5. The van der Waals surface area contributed by atoms with Gasteiger partial charge in [-0.3, -0.25) is 4.90 Å². The molecule has 1 aliphatic rings. The van der Waals surface area contributed by atoms with Gasteiger partial charge in [-0.2, -0.15) is 0 Å². The number of furan rings is 1. The van der Waals surface area contributed by atoms with E-state index in [1.165, 1.54) is 5.56 Å². The number of hydrogen-bond donors (Lipinski definition) is 2. The van der Waals surface area contributed by atoms with Gasteiger partial charge in [-0.1, -0.05) is 23.7 Å². The van der Waals surface area contributed by atoms with E-state index in [0.717, 1.165) is 50.3 Å². The first-order chi connectivity index (χ1) is 13.2. The Kier molecular flexibility index (Phi) is 7.15. The summed E-state index contributed by atoms with van der Waals surface area (Å²) in [6, 6.07) is 11.6. The first-order valence-corrected chi connectivity index (χ1v) is 9.75. The number of piperazine rings is 1. The number of nitrogens with zero attached hydrogens (tertiary/aromatic N) is 3. The number of rotatable bonds is 6. The molecule has 1 aromatic carbocycles. The molecule has 0 spiro atoms. The summed E-state index contributed by atoms with van der Waals surface area (Å²) in [5.74, 6) is 1.38. The van der Waals surface area contributed by atoms with Crippen molar-refractivity contribution in [3.05, 3.63) is 59.0 Å². The molecule has 1 atom stereocenters. The summed E-state index contributed by atoms with van der Waals surface area (Å²) >= 11 is 6.08. The van der Waals surface area contributed by atoms with Crippen molar-refractivity contribution in [2.24, 2.45) is 4.99 Å². The van der Waals surface area contributed by atoms with Gasteiger partial charge in [-0.25, -0.2) is 4.99 Å². The third-order valence-electron chi connectivity index (χ3n) is 4.59. The average molecular weight is 391 g/mol. The number of aliphatic hydroxyl groups excluding tert-OH is 1. The first-order valence-electron chi connectivity index (χ1n) is 9.37. The van der Waals surface area contributed by atoms with Crippen molar-refractivity contribution < 1.29 is 9.52 Å². The molecule has 1 aliphatic heterocycles. The summed E-state index contributed by atoms with van der Waals surface area (Å²) in [7, 11) is 0. The third-order valence-corrected chi connectivity index (χ3v) is 4.82. The van der Waals surface area contributed by atoms with Gasteiger partial charge in [0.1, 0.15) is 11.9 Å². The molecule has 1 aromatic heterocycles. The fourth-order valence-electron chi connectivity index (χ4n) is 3.18. The lowest BCUT2D eigenvalue weighted by atomic mass is 10.2. The van der Waals surface area contributed by atoms with Crippen LogP contribution in [0, 0.1) is 0 Å². The van der Waals surface area contributed by atoms with Gasteiger partial charge in [-0.15, -0.1) is 0 Å². The molecule has 2 aromatic rings. The highest BCUT2D eigenvalue weighted by Gasteiger charge is 2.20. The molecule has 6 nitrogen and oxygen atoms in total. The van der Waals surface area contributed by atoms with Gasteiger partial charge in [0.2, 0.25) is 0 Å².